The first-order chi connectivity index (χ1) is 18.9. The normalized spacial score (nSPS) is 11.9. The Morgan fingerprint density at radius 2 is 1.87 bits per heavy atom. The molecule has 0 aliphatic carbocycles. The molecular formula is C31H29N5O3. The van der Waals surface area contributed by atoms with Gasteiger partial charge in [-0.2, -0.15) is 0 Å². The molecule has 0 aliphatic rings. The molecule has 196 valence electrons. The molecule has 0 saturated heterocycles. The largest absolute Gasteiger partial charge is 0.394 e. The Labute approximate surface area is 226 Å². The van der Waals surface area contributed by atoms with Gasteiger partial charge in [0.25, 0.3) is 11.5 Å². The van der Waals surface area contributed by atoms with Crippen LogP contribution in [0.5, 0.6) is 0 Å². The van der Waals surface area contributed by atoms with Gasteiger partial charge in [-0.15, -0.1) is 0 Å². The lowest BCUT2D eigenvalue weighted by molar-refractivity contribution is 0.0956. The molecule has 2 N–H and O–H groups in total. The van der Waals surface area contributed by atoms with Crippen molar-refractivity contribution in [2.75, 3.05) is 13.2 Å². The van der Waals surface area contributed by atoms with Crippen LogP contribution < -0.4 is 10.9 Å². The van der Waals surface area contributed by atoms with Crippen molar-refractivity contribution in [1.29, 1.82) is 0 Å². The van der Waals surface area contributed by atoms with Crippen LogP contribution in [0.2, 0.25) is 0 Å². The number of pyridine rings is 2. The minimum atomic E-state index is -0.587. The molecule has 0 fully saturated rings. The monoisotopic (exact) mass is 519 g/mol. The molecule has 1 atom stereocenters. The van der Waals surface area contributed by atoms with Gasteiger partial charge in [-0.3, -0.25) is 14.6 Å². The third-order valence-corrected chi connectivity index (χ3v) is 6.69. The number of aromatic nitrogens is 4. The molecule has 3 heterocycles. The molecule has 5 rings (SSSR count). The highest BCUT2D eigenvalue weighted by molar-refractivity contribution is 6.03. The van der Waals surface area contributed by atoms with E-state index in [-0.39, 0.29) is 24.8 Å². The Hall–Kier alpha value is -4.74. The number of rotatable bonds is 6. The highest BCUT2D eigenvalue weighted by atomic mass is 16.3. The molecule has 39 heavy (non-hydrogen) atoms. The second kappa shape index (κ2) is 10.9. The van der Waals surface area contributed by atoms with Gasteiger partial charge in [0.15, 0.2) is 0 Å². The molecule has 0 bridgehead atoms. The molecule has 5 aromatic rings. The molecular weight excluding hydrogens is 490 g/mol. The van der Waals surface area contributed by atoms with Crippen LogP contribution in [0.3, 0.4) is 0 Å². The van der Waals surface area contributed by atoms with Gasteiger partial charge in [-0.1, -0.05) is 42.2 Å². The van der Waals surface area contributed by atoms with Crippen molar-refractivity contribution in [3.63, 3.8) is 0 Å². The number of nitrogens with zero attached hydrogens (tertiary/aromatic N) is 4. The number of carbonyl (C=O) groups excluding carboxylic acids is 1. The number of nitrogens with one attached hydrogen (secondary N) is 1. The van der Waals surface area contributed by atoms with Crippen LogP contribution in [-0.2, 0) is 0 Å². The number of fused-ring (bicyclic) bond motifs is 3. The predicted molar refractivity (Wildman–Crippen MR) is 152 cm³/mol. The van der Waals surface area contributed by atoms with E-state index in [1.165, 1.54) is 10.6 Å². The first-order valence-corrected chi connectivity index (χ1v) is 12.8. The second-order valence-corrected chi connectivity index (χ2v) is 9.57. The predicted octanol–water partition coefficient (Wildman–Crippen LogP) is 4.00. The van der Waals surface area contributed by atoms with Gasteiger partial charge in [0.05, 0.1) is 36.4 Å². The topological polar surface area (TPSA) is 102 Å². The van der Waals surface area contributed by atoms with Crippen LogP contribution in [0.15, 0.2) is 77.9 Å². The fraction of sp³-hybridized carbons (Fsp3) is 0.226. The summed E-state index contributed by atoms with van der Waals surface area (Å²) in [5.74, 6) is 6.49. The van der Waals surface area contributed by atoms with E-state index < -0.39 is 17.5 Å². The van der Waals surface area contributed by atoms with Gasteiger partial charge in [-0.25, -0.2) is 4.98 Å². The van der Waals surface area contributed by atoms with E-state index in [0.717, 1.165) is 38.9 Å². The number of aliphatic hydroxyl groups excluding tert-OH is 1. The summed E-state index contributed by atoms with van der Waals surface area (Å²) in [4.78, 5) is 35.1. The maximum Gasteiger partial charge on any atom is 0.264 e. The smallest absolute Gasteiger partial charge is 0.264 e. The molecule has 8 heteroatoms. The fourth-order valence-electron chi connectivity index (χ4n) is 4.93. The number of aliphatic hydroxyl groups is 1. The lowest BCUT2D eigenvalue weighted by Crippen LogP contribution is -2.35. The average Bonchev–Trinajstić information content (AvgIpc) is 3.29. The maximum absolute atomic E-state index is 13.1. The van der Waals surface area contributed by atoms with Crippen molar-refractivity contribution in [2.45, 2.75) is 32.9 Å². The van der Waals surface area contributed by atoms with E-state index in [2.05, 4.69) is 45.5 Å². The van der Waals surface area contributed by atoms with Gasteiger partial charge in [0, 0.05) is 23.2 Å². The van der Waals surface area contributed by atoms with Crippen LogP contribution in [0.1, 0.15) is 53.2 Å². The first-order valence-electron chi connectivity index (χ1n) is 12.8. The number of hydrogen-bond acceptors (Lipinski definition) is 5. The Morgan fingerprint density at radius 3 is 2.62 bits per heavy atom. The van der Waals surface area contributed by atoms with Gasteiger partial charge >= 0.3 is 0 Å². The average molecular weight is 520 g/mol. The third-order valence-electron chi connectivity index (χ3n) is 6.69. The Morgan fingerprint density at radius 1 is 1.08 bits per heavy atom. The van der Waals surface area contributed by atoms with Crippen LogP contribution in [0.4, 0.5) is 0 Å². The summed E-state index contributed by atoms with van der Waals surface area (Å²) in [5.41, 5.74) is 3.81. The number of imidazole rings is 1. The van der Waals surface area contributed by atoms with E-state index >= 15 is 0 Å². The standard InChI is InChI=1S/C31H29N5O3/c1-20(2)36-21(3)34-27-18-33-26-14-13-22(17-25(26)29(27)36)9-7-15-32-30(38)24-12-8-16-35(31(24)39)28(19-37)23-10-5-4-6-11-23/h4-6,8,10-14,16-18,20,28,37H,15,19H2,1-3H3,(H,32,38)/t28-/m0/s1. The minimum Gasteiger partial charge on any atom is -0.394 e. The van der Waals surface area contributed by atoms with Crippen molar-refractivity contribution in [1.82, 2.24) is 24.4 Å². The van der Waals surface area contributed by atoms with Gasteiger partial charge in [0.1, 0.15) is 16.9 Å². The zero-order valence-electron chi connectivity index (χ0n) is 22.0. The summed E-state index contributed by atoms with van der Waals surface area (Å²) in [6.07, 6.45) is 3.37. The molecule has 1 amide bonds. The van der Waals surface area contributed by atoms with Crippen molar-refractivity contribution >= 4 is 27.8 Å². The zero-order chi connectivity index (χ0) is 27.5. The van der Waals surface area contributed by atoms with Crippen molar-refractivity contribution < 1.29 is 9.90 Å². The molecule has 2 aromatic carbocycles. The third kappa shape index (κ3) is 5.05. The molecule has 0 spiro atoms. The number of carbonyl (C=O) groups is 1. The SMILES string of the molecule is Cc1nc2cnc3ccc(C#CCNC(=O)c4cccn([C@@H](CO)c5ccccc5)c4=O)cc3c2n1C(C)C. The second-order valence-electron chi connectivity index (χ2n) is 9.57. The van der Waals surface area contributed by atoms with E-state index in [1.54, 1.807) is 18.5 Å². The summed E-state index contributed by atoms with van der Waals surface area (Å²) in [7, 11) is 0. The van der Waals surface area contributed by atoms with E-state index in [4.69, 9.17) is 0 Å². The molecule has 0 radical (unpaired) electrons. The van der Waals surface area contributed by atoms with Gasteiger partial charge < -0.3 is 19.6 Å². The van der Waals surface area contributed by atoms with Crippen molar-refractivity contribution in [2.24, 2.45) is 0 Å². The van der Waals surface area contributed by atoms with Gasteiger partial charge in [-0.05, 0) is 56.7 Å². The quantitative estimate of drug-likeness (QED) is 0.330. The zero-order valence-corrected chi connectivity index (χ0v) is 22.0. The highest BCUT2D eigenvalue weighted by Crippen LogP contribution is 2.28. The van der Waals surface area contributed by atoms with Crippen LogP contribution in [0, 0.1) is 18.8 Å². The molecule has 0 unspecified atom stereocenters. The molecule has 8 nitrogen and oxygen atoms in total. The number of amides is 1. The first kappa shape index (κ1) is 25.9. The molecule has 0 saturated carbocycles. The van der Waals surface area contributed by atoms with Gasteiger partial charge in [0.2, 0.25) is 0 Å². The maximum atomic E-state index is 13.1. The van der Waals surface area contributed by atoms with Crippen molar-refractivity contribution in [3.8, 4) is 11.8 Å². The Kier molecular flexibility index (Phi) is 7.26. The Balaban J connectivity index is 1.36. The van der Waals surface area contributed by atoms with Crippen LogP contribution in [0.25, 0.3) is 21.9 Å². The number of benzene rings is 2. The summed E-state index contributed by atoms with van der Waals surface area (Å²) in [6.45, 7) is 6.04. The minimum absolute atomic E-state index is 0.00910. The molecule has 3 aromatic heterocycles. The van der Waals surface area contributed by atoms with E-state index in [0.29, 0.717) is 0 Å². The highest BCUT2D eigenvalue weighted by Gasteiger charge is 2.18. The van der Waals surface area contributed by atoms with E-state index in [1.807, 2.05) is 55.5 Å². The van der Waals surface area contributed by atoms with Crippen molar-refractivity contribution in [3.05, 3.63) is 106 Å². The summed E-state index contributed by atoms with van der Waals surface area (Å²) in [6, 6.07) is 17.8. The lowest BCUT2D eigenvalue weighted by atomic mass is 10.1. The summed E-state index contributed by atoms with van der Waals surface area (Å²) >= 11 is 0. The Bertz CT molecular complexity index is 1790. The number of aryl methyl sites for hydroxylation is 1. The molecule has 0 aliphatic heterocycles. The van der Waals surface area contributed by atoms with Crippen LogP contribution >= 0.6 is 0 Å². The fourth-order valence-corrected chi connectivity index (χ4v) is 4.93. The number of hydrogen-bond donors (Lipinski definition) is 2. The van der Waals surface area contributed by atoms with Crippen LogP contribution in [-0.4, -0.2) is 43.3 Å². The van der Waals surface area contributed by atoms with E-state index in [9.17, 15) is 14.7 Å². The lowest BCUT2D eigenvalue weighted by Gasteiger charge is -2.18. The summed E-state index contributed by atoms with van der Waals surface area (Å²) in [5, 5.41) is 13.6. The summed E-state index contributed by atoms with van der Waals surface area (Å²) < 4.78 is 3.58.